The average Bonchev–Trinajstić information content (AvgIpc) is 3.42. The lowest BCUT2D eigenvalue weighted by Gasteiger charge is -2.37. The summed E-state index contributed by atoms with van der Waals surface area (Å²) in [5.74, 6) is 1.59. The third kappa shape index (κ3) is 3.16. The monoisotopic (exact) mass is 380 g/mol. The van der Waals surface area contributed by atoms with Gasteiger partial charge in [-0.1, -0.05) is 12.8 Å². The molecule has 1 aliphatic carbocycles. The first-order chi connectivity index (χ1) is 13.8. The topological polar surface area (TPSA) is 67.2 Å². The first kappa shape index (κ1) is 17.6. The van der Waals surface area contributed by atoms with E-state index in [-0.39, 0.29) is 11.9 Å². The first-order valence-corrected chi connectivity index (χ1v) is 10.6. The van der Waals surface area contributed by atoms with Gasteiger partial charge in [-0.15, -0.1) is 0 Å². The maximum Gasteiger partial charge on any atom is 0.245 e. The van der Waals surface area contributed by atoms with Crippen molar-refractivity contribution in [2.75, 3.05) is 18.0 Å². The van der Waals surface area contributed by atoms with Crippen LogP contribution in [0.5, 0.6) is 0 Å². The fourth-order valence-electron chi connectivity index (χ4n) is 5.47. The van der Waals surface area contributed by atoms with E-state index in [1.807, 2.05) is 24.8 Å². The molecule has 0 radical (unpaired) electrons. The van der Waals surface area contributed by atoms with Crippen LogP contribution in [0, 0.1) is 5.92 Å². The molecule has 3 aliphatic rings. The highest BCUT2D eigenvalue weighted by molar-refractivity contribution is 5.86. The third-order valence-electron chi connectivity index (χ3n) is 6.88. The Morgan fingerprint density at radius 2 is 1.79 bits per heavy atom. The lowest BCUT2D eigenvalue weighted by atomic mass is 9.84. The second-order valence-corrected chi connectivity index (χ2v) is 8.39. The Morgan fingerprint density at radius 1 is 1.00 bits per heavy atom. The van der Waals surface area contributed by atoms with Crippen molar-refractivity contribution in [3.05, 3.63) is 37.2 Å². The molecule has 3 unspecified atom stereocenters. The largest absolute Gasteiger partial charge is 0.341 e. The van der Waals surface area contributed by atoms with Gasteiger partial charge in [0, 0.05) is 50.0 Å². The molecular formula is C21H28N6O. The summed E-state index contributed by atoms with van der Waals surface area (Å²) >= 11 is 0. The summed E-state index contributed by atoms with van der Waals surface area (Å²) in [7, 11) is 0. The number of aromatic nitrogens is 4. The number of fused-ring (bicyclic) bond motifs is 1. The van der Waals surface area contributed by atoms with Crippen LogP contribution in [0.2, 0.25) is 0 Å². The van der Waals surface area contributed by atoms with Gasteiger partial charge in [-0.25, -0.2) is 15.0 Å². The van der Waals surface area contributed by atoms with Crippen LogP contribution >= 0.6 is 0 Å². The Morgan fingerprint density at radius 3 is 2.54 bits per heavy atom. The van der Waals surface area contributed by atoms with Crippen LogP contribution < -0.4 is 4.90 Å². The summed E-state index contributed by atoms with van der Waals surface area (Å²) in [5, 5.41) is 0. The van der Waals surface area contributed by atoms with Crippen molar-refractivity contribution < 1.29 is 4.79 Å². The first-order valence-electron chi connectivity index (χ1n) is 10.6. The van der Waals surface area contributed by atoms with Gasteiger partial charge in [0.15, 0.2) is 0 Å². The predicted octanol–water partition coefficient (Wildman–Crippen LogP) is 2.67. The summed E-state index contributed by atoms with van der Waals surface area (Å²) < 4.78 is 2.18. The van der Waals surface area contributed by atoms with Crippen LogP contribution in [0.4, 0.5) is 5.95 Å². The van der Waals surface area contributed by atoms with E-state index in [4.69, 9.17) is 0 Å². The average molecular weight is 380 g/mol. The van der Waals surface area contributed by atoms with Crippen molar-refractivity contribution in [3.8, 4) is 0 Å². The van der Waals surface area contributed by atoms with E-state index in [9.17, 15) is 4.79 Å². The van der Waals surface area contributed by atoms with Gasteiger partial charge < -0.3 is 14.4 Å². The molecule has 1 amide bonds. The van der Waals surface area contributed by atoms with E-state index in [1.165, 1.54) is 19.3 Å². The molecule has 3 atom stereocenters. The number of hydrogen-bond acceptors (Lipinski definition) is 5. The minimum Gasteiger partial charge on any atom is -0.341 e. The second kappa shape index (κ2) is 7.53. The van der Waals surface area contributed by atoms with Crippen LogP contribution in [0.25, 0.3) is 0 Å². The maximum absolute atomic E-state index is 13.5. The Balaban J connectivity index is 1.33. The Labute approximate surface area is 165 Å². The van der Waals surface area contributed by atoms with Crippen molar-refractivity contribution >= 4 is 11.9 Å². The number of piperidine rings is 1. The number of nitrogens with zero attached hydrogens (tertiary/aromatic N) is 6. The van der Waals surface area contributed by atoms with Crippen LogP contribution in [-0.2, 0) is 4.79 Å². The van der Waals surface area contributed by atoms with E-state index < -0.39 is 0 Å². The van der Waals surface area contributed by atoms with Crippen LogP contribution in [0.15, 0.2) is 37.2 Å². The Hall–Kier alpha value is -2.44. The zero-order chi connectivity index (χ0) is 18.9. The lowest BCUT2D eigenvalue weighted by Crippen LogP contribution is -2.51. The van der Waals surface area contributed by atoms with E-state index in [1.54, 1.807) is 12.4 Å². The summed E-state index contributed by atoms with van der Waals surface area (Å²) in [5.41, 5.74) is 0. The van der Waals surface area contributed by atoms with Gasteiger partial charge in [0.05, 0.1) is 6.33 Å². The van der Waals surface area contributed by atoms with Crippen molar-refractivity contribution in [1.82, 2.24) is 24.4 Å². The molecule has 1 saturated carbocycles. The number of rotatable bonds is 3. The number of carbonyl (C=O) groups excluding carboxylic acids is 1. The standard InChI is InChI=1S/C21H28N6O/c28-20(25-11-6-17(7-12-25)26-13-10-22-15-26)19-14-16-4-1-2-5-18(16)27(19)21-23-8-3-9-24-21/h3,8-10,13,15-19H,1-2,4-7,11-12,14H2. The van der Waals surface area contributed by atoms with Crippen molar-refractivity contribution in [2.24, 2.45) is 5.92 Å². The van der Waals surface area contributed by atoms with Gasteiger partial charge in [0.1, 0.15) is 6.04 Å². The van der Waals surface area contributed by atoms with Gasteiger partial charge in [0.25, 0.3) is 0 Å². The molecule has 7 nitrogen and oxygen atoms in total. The van der Waals surface area contributed by atoms with E-state index in [0.717, 1.165) is 44.7 Å². The third-order valence-corrected chi connectivity index (χ3v) is 6.88. The maximum atomic E-state index is 13.5. The number of imidazole rings is 1. The molecular weight excluding hydrogens is 352 g/mol. The minimum atomic E-state index is -0.111. The highest BCUT2D eigenvalue weighted by Gasteiger charge is 2.47. The van der Waals surface area contributed by atoms with Gasteiger partial charge in [0.2, 0.25) is 11.9 Å². The minimum absolute atomic E-state index is 0.111. The summed E-state index contributed by atoms with van der Waals surface area (Å²) in [6, 6.07) is 2.59. The second-order valence-electron chi connectivity index (χ2n) is 8.39. The smallest absolute Gasteiger partial charge is 0.245 e. The Bertz CT molecular complexity index is 786. The number of likely N-dealkylation sites (tertiary alicyclic amines) is 1. The SMILES string of the molecule is O=C(C1CC2CCCCC2N1c1ncccn1)N1CCC(n2ccnc2)CC1. The van der Waals surface area contributed by atoms with Crippen molar-refractivity contribution in [1.29, 1.82) is 0 Å². The summed E-state index contributed by atoms with van der Waals surface area (Å²) in [6.07, 6.45) is 17.1. The molecule has 28 heavy (non-hydrogen) atoms. The highest BCUT2D eigenvalue weighted by Crippen LogP contribution is 2.42. The van der Waals surface area contributed by atoms with Crippen molar-refractivity contribution in [2.45, 2.75) is 63.1 Å². The van der Waals surface area contributed by atoms with E-state index in [0.29, 0.717) is 18.0 Å². The summed E-state index contributed by atoms with van der Waals surface area (Å²) in [4.78, 5) is 31.0. The molecule has 0 N–H and O–H groups in total. The molecule has 0 spiro atoms. The molecule has 7 heteroatoms. The summed E-state index contributed by atoms with van der Waals surface area (Å²) in [6.45, 7) is 1.63. The van der Waals surface area contributed by atoms with Crippen LogP contribution in [-0.4, -0.2) is 55.5 Å². The molecule has 2 aromatic rings. The van der Waals surface area contributed by atoms with Gasteiger partial charge in [-0.2, -0.15) is 0 Å². The van der Waals surface area contributed by atoms with Gasteiger partial charge >= 0.3 is 0 Å². The fraction of sp³-hybridized carbons (Fsp3) is 0.619. The van der Waals surface area contributed by atoms with E-state index >= 15 is 0 Å². The number of hydrogen-bond donors (Lipinski definition) is 0. The van der Waals surface area contributed by atoms with E-state index in [2.05, 4.69) is 29.3 Å². The lowest BCUT2D eigenvalue weighted by molar-refractivity contribution is -0.133. The molecule has 2 saturated heterocycles. The normalized spacial score (nSPS) is 28.4. The van der Waals surface area contributed by atoms with Crippen molar-refractivity contribution in [3.63, 3.8) is 0 Å². The molecule has 2 aliphatic heterocycles. The number of anilines is 1. The zero-order valence-electron chi connectivity index (χ0n) is 16.2. The number of carbonyl (C=O) groups is 1. The molecule has 0 bridgehead atoms. The van der Waals surface area contributed by atoms with Gasteiger partial charge in [-0.05, 0) is 44.1 Å². The molecule has 4 heterocycles. The quantitative estimate of drug-likeness (QED) is 0.819. The van der Waals surface area contributed by atoms with Crippen LogP contribution in [0.1, 0.15) is 51.0 Å². The fourth-order valence-corrected chi connectivity index (χ4v) is 5.47. The molecule has 2 aromatic heterocycles. The molecule has 3 fully saturated rings. The van der Waals surface area contributed by atoms with Crippen LogP contribution in [0.3, 0.4) is 0 Å². The molecule has 148 valence electrons. The van der Waals surface area contributed by atoms with Gasteiger partial charge in [-0.3, -0.25) is 4.79 Å². The number of amides is 1. The zero-order valence-corrected chi connectivity index (χ0v) is 16.2. The Kier molecular flexibility index (Phi) is 4.74. The molecule has 0 aromatic carbocycles. The highest BCUT2D eigenvalue weighted by atomic mass is 16.2. The molecule has 5 rings (SSSR count). The predicted molar refractivity (Wildman–Crippen MR) is 106 cm³/mol.